The number of likely N-dealkylation sites (tertiary alicyclic amines) is 1. The number of nitrogens with zero attached hydrogens (tertiary/aromatic N) is 1. The standard InChI is InChI=1S/C16H32N2/c1-4-7-16(9-5-10-17-12-16)14-18-11-6-8-15(2,3)13-18/h17H,4-14H2,1-3H3. The van der Waals surface area contributed by atoms with E-state index in [1.807, 2.05) is 0 Å². The van der Waals surface area contributed by atoms with Crippen LogP contribution in [0.3, 0.4) is 0 Å². The fourth-order valence-electron chi connectivity index (χ4n) is 4.14. The van der Waals surface area contributed by atoms with Gasteiger partial charge in [-0.05, 0) is 56.0 Å². The predicted octanol–water partition coefficient (Wildman–Crippen LogP) is 3.28. The molecule has 2 heteroatoms. The van der Waals surface area contributed by atoms with Gasteiger partial charge in [-0.15, -0.1) is 0 Å². The van der Waals surface area contributed by atoms with E-state index in [0.29, 0.717) is 10.8 Å². The van der Waals surface area contributed by atoms with E-state index in [4.69, 9.17) is 0 Å². The van der Waals surface area contributed by atoms with Crippen LogP contribution < -0.4 is 5.32 Å². The van der Waals surface area contributed by atoms with Crippen molar-refractivity contribution < 1.29 is 0 Å². The van der Waals surface area contributed by atoms with Crippen LogP contribution in [-0.4, -0.2) is 37.6 Å². The van der Waals surface area contributed by atoms with Crippen molar-refractivity contribution in [3.63, 3.8) is 0 Å². The molecule has 1 atom stereocenters. The smallest absolute Gasteiger partial charge is 0.00504 e. The number of hydrogen-bond acceptors (Lipinski definition) is 2. The third-order valence-electron chi connectivity index (χ3n) is 4.88. The molecule has 2 heterocycles. The third kappa shape index (κ3) is 3.71. The first-order valence-corrected chi connectivity index (χ1v) is 7.98. The van der Waals surface area contributed by atoms with E-state index < -0.39 is 0 Å². The van der Waals surface area contributed by atoms with Crippen LogP contribution in [0.15, 0.2) is 0 Å². The van der Waals surface area contributed by atoms with Crippen LogP contribution in [0.25, 0.3) is 0 Å². The van der Waals surface area contributed by atoms with Gasteiger partial charge in [0.1, 0.15) is 0 Å². The van der Waals surface area contributed by atoms with Gasteiger partial charge in [0.15, 0.2) is 0 Å². The predicted molar refractivity (Wildman–Crippen MR) is 78.9 cm³/mol. The molecule has 0 aromatic rings. The van der Waals surface area contributed by atoms with E-state index in [1.165, 1.54) is 71.2 Å². The van der Waals surface area contributed by atoms with E-state index in [-0.39, 0.29) is 0 Å². The van der Waals surface area contributed by atoms with E-state index in [1.54, 1.807) is 0 Å². The highest BCUT2D eigenvalue weighted by Gasteiger charge is 2.35. The van der Waals surface area contributed by atoms with Crippen molar-refractivity contribution in [2.75, 3.05) is 32.7 Å². The van der Waals surface area contributed by atoms with Gasteiger partial charge in [-0.25, -0.2) is 0 Å². The minimum Gasteiger partial charge on any atom is -0.316 e. The van der Waals surface area contributed by atoms with Gasteiger partial charge in [0.25, 0.3) is 0 Å². The average Bonchev–Trinajstić information content (AvgIpc) is 2.29. The first-order chi connectivity index (χ1) is 8.55. The lowest BCUT2D eigenvalue weighted by Crippen LogP contribution is -2.51. The number of nitrogens with one attached hydrogen (secondary N) is 1. The zero-order chi connectivity index (χ0) is 13.1. The Morgan fingerprint density at radius 1 is 1.17 bits per heavy atom. The summed E-state index contributed by atoms with van der Waals surface area (Å²) in [6.07, 6.45) is 8.34. The van der Waals surface area contributed by atoms with Crippen LogP contribution in [0.2, 0.25) is 0 Å². The second-order valence-electron chi connectivity index (χ2n) is 7.51. The van der Waals surface area contributed by atoms with E-state index >= 15 is 0 Å². The summed E-state index contributed by atoms with van der Waals surface area (Å²) < 4.78 is 0. The van der Waals surface area contributed by atoms with Gasteiger partial charge in [0.2, 0.25) is 0 Å². The Bertz CT molecular complexity index is 248. The minimum absolute atomic E-state index is 0.535. The zero-order valence-electron chi connectivity index (χ0n) is 12.7. The lowest BCUT2D eigenvalue weighted by molar-refractivity contribution is 0.0507. The summed E-state index contributed by atoms with van der Waals surface area (Å²) in [5, 5.41) is 3.64. The van der Waals surface area contributed by atoms with Crippen molar-refractivity contribution in [2.24, 2.45) is 10.8 Å². The van der Waals surface area contributed by atoms with Crippen LogP contribution >= 0.6 is 0 Å². The van der Waals surface area contributed by atoms with E-state index in [9.17, 15) is 0 Å². The monoisotopic (exact) mass is 252 g/mol. The highest BCUT2D eigenvalue weighted by molar-refractivity contribution is 4.90. The van der Waals surface area contributed by atoms with Crippen molar-refractivity contribution in [3.05, 3.63) is 0 Å². The largest absolute Gasteiger partial charge is 0.316 e. The van der Waals surface area contributed by atoms with Crippen LogP contribution in [0, 0.1) is 10.8 Å². The third-order valence-corrected chi connectivity index (χ3v) is 4.88. The normalized spacial score (nSPS) is 33.5. The lowest BCUT2D eigenvalue weighted by Gasteiger charge is -2.45. The van der Waals surface area contributed by atoms with Gasteiger partial charge >= 0.3 is 0 Å². The molecule has 1 unspecified atom stereocenters. The molecule has 0 amide bonds. The Hall–Kier alpha value is -0.0800. The molecule has 0 bridgehead atoms. The molecule has 0 radical (unpaired) electrons. The maximum absolute atomic E-state index is 3.64. The van der Waals surface area contributed by atoms with Gasteiger partial charge in [-0.2, -0.15) is 0 Å². The minimum atomic E-state index is 0.535. The molecule has 2 saturated heterocycles. The van der Waals surface area contributed by atoms with Gasteiger partial charge in [0.05, 0.1) is 0 Å². The summed E-state index contributed by atoms with van der Waals surface area (Å²) in [5.74, 6) is 0. The Morgan fingerprint density at radius 3 is 2.61 bits per heavy atom. The Morgan fingerprint density at radius 2 is 2.00 bits per heavy atom. The summed E-state index contributed by atoms with van der Waals surface area (Å²) in [4.78, 5) is 2.76. The highest BCUT2D eigenvalue weighted by atomic mass is 15.1. The fraction of sp³-hybridized carbons (Fsp3) is 1.00. The SMILES string of the molecule is CCCC1(CN2CCCC(C)(C)C2)CCCNC1. The van der Waals surface area contributed by atoms with Crippen molar-refractivity contribution >= 4 is 0 Å². The Kier molecular flexibility index (Phi) is 4.71. The second-order valence-corrected chi connectivity index (χ2v) is 7.51. The quantitative estimate of drug-likeness (QED) is 0.826. The van der Waals surface area contributed by atoms with Gasteiger partial charge in [-0.1, -0.05) is 27.2 Å². The zero-order valence-corrected chi connectivity index (χ0v) is 12.7. The lowest BCUT2D eigenvalue weighted by atomic mass is 9.75. The number of piperidine rings is 2. The molecular formula is C16H32N2. The van der Waals surface area contributed by atoms with E-state index in [0.717, 1.165) is 0 Å². The molecule has 18 heavy (non-hydrogen) atoms. The molecule has 0 aromatic heterocycles. The van der Waals surface area contributed by atoms with Gasteiger partial charge in [-0.3, -0.25) is 0 Å². The van der Waals surface area contributed by atoms with Crippen LogP contribution in [0.5, 0.6) is 0 Å². The number of rotatable bonds is 4. The van der Waals surface area contributed by atoms with Gasteiger partial charge < -0.3 is 10.2 Å². The number of hydrogen-bond donors (Lipinski definition) is 1. The summed E-state index contributed by atoms with van der Waals surface area (Å²) in [5.41, 5.74) is 1.11. The maximum Gasteiger partial charge on any atom is 0.00504 e. The van der Waals surface area contributed by atoms with Crippen molar-refractivity contribution in [3.8, 4) is 0 Å². The molecule has 0 spiro atoms. The molecule has 2 aliphatic heterocycles. The molecule has 2 nitrogen and oxygen atoms in total. The fourth-order valence-corrected chi connectivity index (χ4v) is 4.14. The maximum atomic E-state index is 3.64. The van der Waals surface area contributed by atoms with Crippen molar-refractivity contribution in [2.45, 2.75) is 59.3 Å². The molecule has 2 rings (SSSR count). The van der Waals surface area contributed by atoms with E-state index in [2.05, 4.69) is 31.0 Å². The van der Waals surface area contributed by atoms with Crippen LogP contribution in [0.1, 0.15) is 59.3 Å². The first-order valence-electron chi connectivity index (χ1n) is 7.98. The van der Waals surface area contributed by atoms with Crippen LogP contribution in [0.4, 0.5) is 0 Å². The summed E-state index contributed by atoms with van der Waals surface area (Å²) in [6, 6.07) is 0. The Labute approximate surface area is 114 Å². The van der Waals surface area contributed by atoms with Crippen molar-refractivity contribution in [1.82, 2.24) is 10.2 Å². The molecule has 1 N–H and O–H groups in total. The van der Waals surface area contributed by atoms with Crippen LogP contribution in [-0.2, 0) is 0 Å². The summed E-state index contributed by atoms with van der Waals surface area (Å²) in [6.45, 7) is 13.7. The molecule has 0 aromatic carbocycles. The first kappa shape index (κ1) is 14.3. The summed E-state index contributed by atoms with van der Waals surface area (Å²) in [7, 11) is 0. The molecule has 2 fully saturated rings. The molecule has 2 aliphatic rings. The second kappa shape index (κ2) is 5.92. The molecular weight excluding hydrogens is 220 g/mol. The average molecular weight is 252 g/mol. The molecule has 0 aliphatic carbocycles. The molecule has 0 saturated carbocycles. The highest BCUT2D eigenvalue weighted by Crippen LogP contribution is 2.36. The molecule has 106 valence electrons. The van der Waals surface area contributed by atoms with Crippen molar-refractivity contribution in [1.29, 1.82) is 0 Å². The summed E-state index contributed by atoms with van der Waals surface area (Å²) >= 11 is 0. The Balaban J connectivity index is 1.95. The topological polar surface area (TPSA) is 15.3 Å². The van der Waals surface area contributed by atoms with Gasteiger partial charge in [0, 0.05) is 19.6 Å².